The van der Waals surface area contributed by atoms with Crippen LogP contribution in [0, 0.1) is 0 Å². The minimum Gasteiger partial charge on any atom is -0.457 e. The SMILES string of the molecule is C[N+](C)=C1C=CC(=C/C=C2\C=C(c3ccccc3)C=C(c3ccccc3)O2)C=C1. The summed E-state index contributed by atoms with van der Waals surface area (Å²) in [6, 6.07) is 20.6. The third-order valence-corrected chi connectivity index (χ3v) is 4.83. The maximum atomic E-state index is 6.21. The number of benzene rings is 2. The van der Waals surface area contributed by atoms with Crippen LogP contribution in [0.5, 0.6) is 0 Å². The lowest BCUT2D eigenvalue weighted by Gasteiger charge is -2.18. The van der Waals surface area contributed by atoms with E-state index < -0.39 is 0 Å². The Balaban J connectivity index is 1.68. The van der Waals surface area contributed by atoms with E-state index in [1.807, 2.05) is 44.4 Å². The molecule has 0 fully saturated rings. The van der Waals surface area contributed by atoms with Gasteiger partial charge in [-0.15, -0.1) is 0 Å². The van der Waals surface area contributed by atoms with Gasteiger partial charge in [-0.1, -0.05) is 66.7 Å². The van der Waals surface area contributed by atoms with Gasteiger partial charge in [0, 0.05) is 17.7 Å². The Kier molecular flexibility index (Phi) is 5.53. The number of allylic oxidation sites excluding steroid dienone is 10. The molecule has 2 aromatic rings. The average molecular weight is 378 g/mol. The van der Waals surface area contributed by atoms with Crippen LogP contribution in [0.1, 0.15) is 11.1 Å². The molecule has 0 N–H and O–H groups in total. The molecule has 29 heavy (non-hydrogen) atoms. The normalized spacial score (nSPS) is 17.0. The highest BCUT2D eigenvalue weighted by Crippen LogP contribution is 2.31. The van der Waals surface area contributed by atoms with Crippen LogP contribution in [-0.4, -0.2) is 24.4 Å². The summed E-state index contributed by atoms with van der Waals surface area (Å²) < 4.78 is 8.31. The quantitative estimate of drug-likeness (QED) is 0.616. The van der Waals surface area contributed by atoms with Gasteiger partial charge in [0.05, 0.1) is 0 Å². The van der Waals surface area contributed by atoms with Gasteiger partial charge in [0.25, 0.3) is 0 Å². The molecule has 4 rings (SSSR count). The van der Waals surface area contributed by atoms with Crippen molar-refractivity contribution < 1.29 is 9.31 Å². The maximum Gasteiger partial charge on any atom is 0.199 e. The Morgan fingerprint density at radius 1 is 0.690 bits per heavy atom. The van der Waals surface area contributed by atoms with Crippen molar-refractivity contribution in [2.75, 3.05) is 14.1 Å². The predicted octanol–water partition coefficient (Wildman–Crippen LogP) is 5.79. The second-order valence-electron chi connectivity index (χ2n) is 7.16. The summed E-state index contributed by atoms with van der Waals surface area (Å²) in [5.41, 5.74) is 5.69. The molecule has 0 saturated heterocycles. The van der Waals surface area contributed by atoms with Crippen LogP contribution >= 0.6 is 0 Å². The highest BCUT2D eigenvalue weighted by Gasteiger charge is 2.13. The monoisotopic (exact) mass is 378 g/mol. The van der Waals surface area contributed by atoms with Gasteiger partial charge in [0.15, 0.2) is 5.71 Å². The van der Waals surface area contributed by atoms with Crippen LogP contribution in [0.3, 0.4) is 0 Å². The average Bonchev–Trinajstić information content (AvgIpc) is 2.79. The summed E-state index contributed by atoms with van der Waals surface area (Å²) in [4.78, 5) is 0. The zero-order valence-corrected chi connectivity index (χ0v) is 16.7. The van der Waals surface area contributed by atoms with E-state index in [1.54, 1.807) is 0 Å². The van der Waals surface area contributed by atoms with E-state index in [2.05, 4.69) is 83.5 Å². The Morgan fingerprint density at radius 2 is 1.31 bits per heavy atom. The molecule has 0 radical (unpaired) electrons. The van der Waals surface area contributed by atoms with E-state index in [0.717, 1.165) is 28.2 Å². The van der Waals surface area contributed by atoms with Crippen molar-refractivity contribution >= 4 is 17.0 Å². The molecule has 0 aromatic heterocycles. The predicted molar refractivity (Wildman–Crippen MR) is 121 cm³/mol. The molecule has 0 atom stereocenters. The molecule has 0 spiro atoms. The van der Waals surface area contributed by atoms with Crippen molar-refractivity contribution in [2.24, 2.45) is 0 Å². The maximum absolute atomic E-state index is 6.21. The standard InChI is InChI=1S/C27H24NO/c1-28(2)25-16-13-21(14-17-25)15-18-26-19-24(22-9-5-3-6-10-22)20-27(29-26)23-11-7-4-8-12-23/h3-20H,1-2H3/q+1/b26-18+. The minimum atomic E-state index is 0.821. The second-order valence-corrected chi connectivity index (χ2v) is 7.16. The van der Waals surface area contributed by atoms with Crippen molar-refractivity contribution in [3.63, 3.8) is 0 Å². The molecule has 142 valence electrons. The molecule has 0 bridgehead atoms. The number of hydrogen-bond acceptors (Lipinski definition) is 1. The van der Waals surface area contributed by atoms with Crippen molar-refractivity contribution in [1.82, 2.24) is 0 Å². The molecule has 2 nitrogen and oxygen atoms in total. The summed E-state index contributed by atoms with van der Waals surface area (Å²) in [6.45, 7) is 0. The Labute approximate surface area is 172 Å². The van der Waals surface area contributed by atoms with E-state index in [9.17, 15) is 0 Å². The van der Waals surface area contributed by atoms with Gasteiger partial charge in [-0.2, -0.15) is 0 Å². The molecule has 1 aliphatic carbocycles. The number of rotatable bonds is 3. The zero-order valence-electron chi connectivity index (χ0n) is 16.7. The molecule has 2 aliphatic rings. The van der Waals surface area contributed by atoms with E-state index >= 15 is 0 Å². The van der Waals surface area contributed by atoms with Crippen molar-refractivity contribution in [3.05, 3.63) is 132 Å². The Hall–Kier alpha value is -3.65. The van der Waals surface area contributed by atoms with E-state index in [1.165, 1.54) is 11.3 Å². The summed E-state index contributed by atoms with van der Waals surface area (Å²) in [6.07, 6.45) is 16.8. The highest BCUT2D eigenvalue weighted by molar-refractivity contribution is 6.02. The summed E-state index contributed by atoms with van der Waals surface area (Å²) >= 11 is 0. The van der Waals surface area contributed by atoms with Crippen LogP contribution in [-0.2, 0) is 4.74 Å². The number of ether oxygens (including phenoxy) is 1. The van der Waals surface area contributed by atoms with Gasteiger partial charge in [-0.05, 0) is 47.1 Å². The fraction of sp³-hybridized carbons (Fsp3) is 0.0741. The molecule has 1 heterocycles. The third kappa shape index (κ3) is 4.61. The number of hydrogen-bond donors (Lipinski definition) is 0. The number of nitrogens with zero attached hydrogens (tertiary/aromatic N) is 1. The largest absolute Gasteiger partial charge is 0.457 e. The summed E-state index contributed by atoms with van der Waals surface area (Å²) in [7, 11) is 4.09. The van der Waals surface area contributed by atoms with Crippen LogP contribution < -0.4 is 0 Å². The van der Waals surface area contributed by atoms with Crippen LogP contribution in [0.2, 0.25) is 0 Å². The molecule has 2 heteroatoms. The van der Waals surface area contributed by atoms with E-state index in [4.69, 9.17) is 4.74 Å². The summed E-state index contributed by atoms with van der Waals surface area (Å²) in [5.74, 6) is 1.68. The van der Waals surface area contributed by atoms with E-state index in [0.29, 0.717) is 0 Å². The molecule has 0 saturated carbocycles. The Morgan fingerprint density at radius 3 is 1.93 bits per heavy atom. The first-order chi connectivity index (χ1) is 14.2. The van der Waals surface area contributed by atoms with Gasteiger partial charge in [0.1, 0.15) is 25.6 Å². The topological polar surface area (TPSA) is 12.2 Å². The lowest BCUT2D eigenvalue weighted by atomic mass is 10.0. The minimum absolute atomic E-state index is 0.821. The fourth-order valence-electron chi connectivity index (χ4n) is 3.21. The highest BCUT2D eigenvalue weighted by atomic mass is 16.5. The second kappa shape index (κ2) is 8.57. The third-order valence-electron chi connectivity index (χ3n) is 4.83. The molecule has 0 unspecified atom stereocenters. The van der Waals surface area contributed by atoms with E-state index in [-0.39, 0.29) is 0 Å². The van der Waals surface area contributed by atoms with Gasteiger partial charge < -0.3 is 4.74 Å². The van der Waals surface area contributed by atoms with Crippen molar-refractivity contribution in [2.45, 2.75) is 0 Å². The first-order valence-corrected chi connectivity index (χ1v) is 9.73. The lowest BCUT2D eigenvalue weighted by Crippen LogP contribution is -2.09. The molecular weight excluding hydrogens is 354 g/mol. The lowest BCUT2D eigenvalue weighted by molar-refractivity contribution is -0.462. The first kappa shape index (κ1) is 18.7. The molecule has 1 aliphatic heterocycles. The molecule has 2 aromatic carbocycles. The molecular formula is C27H24NO+. The summed E-state index contributed by atoms with van der Waals surface area (Å²) in [5, 5.41) is 0. The van der Waals surface area contributed by atoms with Gasteiger partial charge in [-0.25, -0.2) is 4.58 Å². The van der Waals surface area contributed by atoms with Crippen molar-refractivity contribution in [1.29, 1.82) is 0 Å². The smallest absolute Gasteiger partial charge is 0.199 e. The fourth-order valence-corrected chi connectivity index (χ4v) is 3.21. The van der Waals surface area contributed by atoms with Gasteiger partial charge in [0.2, 0.25) is 0 Å². The first-order valence-electron chi connectivity index (χ1n) is 9.73. The van der Waals surface area contributed by atoms with Crippen LogP contribution in [0.4, 0.5) is 0 Å². The molecule has 0 amide bonds. The zero-order chi connectivity index (χ0) is 20.1. The van der Waals surface area contributed by atoms with Crippen LogP contribution in [0.15, 0.2) is 121 Å². The van der Waals surface area contributed by atoms with Gasteiger partial charge in [-0.3, -0.25) is 0 Å². The Bertz CT molecular complexity index is 1090. The van der Waals surface area contributed by atoms with Crippen LogP contribution in [0.25, 0.3) is 11.3 Å². The van der Waals surface area contributed by atoms with Gasteiger partial charge >= 0.3 is 0 Å². The van der Waals surface area contributed by atoms with Crippen molar-refractivity contribution in [3.8, 4) is 0 Å².